The van der Waals surface area contributed by atoms with Crippen LogP contribution in [0, 0.1) is 6.92 Å². The number of nitrogens with one attached hydrogen (secondary N) is 1. The molecule has 1 heterocycles. The number of amides is 1. The first-order valence-electron chi connectivity index (χ1n) is 9.28. The van der Waals surface area contributed by atoms with Crippen LogP contribution in [-0.4, -0.2) is 32.6 Å². The van der Waals surface area contributed by atoms with Gasteiger partial charge in [0.1, 0.15) is 10.6 Å². The number of benzene rings is 2. The summed E-state index contributed by atoms with van der Waals surface area (Å²) in [5, 5.41) is 3.94. The number of carbonyl (C=O) groups is 1. The van der Waals surface area contributed by atoms with Crippen LogP contribution in [-0.2, 0) is 21.3 Å². The van der Waals surface area contributed by atoms with Gasteiger partial charge in [0.25, 0.3) is 0 Å². The lowest BCUT2D eigenvalue weighted by atomic mass is 10.1. The highest BCUT2D eigenvalue weighted by atomic mass is 32.2. The van der Waals surface area contributed by atoms with E-state index in [9.17, 15) is 13.2 Å². The average Bonchev–Trinajstić information content (AvgIpc) is 2.75. The Morgan fingerprint density at radius 3 is 2.71 bits per heavy atom. The summed E-state index contributed by atoms with van der Waals surface area (Å²) in [6.07, 6.45) is 2.95. The lowest BCUT2D eigenvalue weighted by Gasteiger charge is -2.08. The number of rotatable bonds is 8. The number of carbonyl (C=O) groups excluding carboxylic acids is 1. The molecule has 0 spiro atoms. The number of aryl methyl sites for hydroxylation is 1. The van der Waals surface area contributed by atoms with Gasteiger partial charge in [-0.25, -0.2) is 10.4 Å². The molecule has 1 aromatic heterocycles. The summed E-state index contributed by atoms with van der Waals surface area (Å²) in [6, 6.07) is 16.4. The number of pyridine rings is 1. The molecule has 31 heavy (non-hydrogen) atoms. The van der Waals surface area contributed by atoms with E-state index < -0.39 is 10.1 Å². The van der Waals surface area contributed by atoms with E-state index in [1.165, 1.54) is 30.6 Å². The highest BCUT2D eigenvalue weighted by molar-refractivity contribution is 7.87. The fourth-order valence-corrected chi connectivity index (χ4v) is 3.58. The van der Waals surface area contributed by atoms with Crippen LogP contribution in [0.1, 0.15) is 16.7 Å². The van der Waals surface area contributed by atoms with Crippen molar-refractivity contribution >= 4 is 22.2 Å². The maximum Gasteiger partial charge on any atom is 0.340 e. The molecule has 0 aliphatic rings. The van der Waals surface area contributed by atoms with Gasteiger partial charge in [0.2, 0.25) is 11.8 Å². The van der Waals surface area contributed by atoms with Crippen LogP contribution >= 0.6 is 0 Å². The molecule has 0 bridgehead atoms. The second-order valence-electron chi connectivity index (χ2n) is 6.55. The van der Waals surface area contributed by atoms with Crippen LogP contribution in [0.5, 0.6) is 11.6 Å². The van der Waals surface area contributed by atoms with Crippen LogP contribution in [0.25, 0.3) is 0 Å². The standard InChI is InChI=1S/C22H21N3O5S/c1-16-9-10-20(31(27,28)30-22-8-3-4-11-23-22)14-18(16)15-24-25-21(26)13-17-6-5-7-19(12-17)29-2/h3-12,14-15H,13H2,1-2H3,(H,25,26)/b24-15+. The van der Waals surface area contributed by atoms with Crippen LogP contribution in [0.3, 0.4) is 0 Å². The number of methoxy groups -OCH3 is 1. The normalized spacial score (nSPS) is 11.3. The third-order valence-corrected chi connectivity index (χ3v) is 5.49. The van der Waals surface area contributed by atoms with Gasteiger partial charge in [0.15, 0.2) is 0 Å². The Morgan fingerprint density at radius 2 is 1.97 bits per heavy atom. The van der Waals surface area contributed by atoms with E-state index in [0.717, 1.165) is 11.1 Å². The van der Waals surface area contributed by atoms with Gasteiger partial charge in [-0.2, -0.15) is 13.5 Å². The van der Waals surface area contributed by atoms with Crippen LogP contribution < -0.4 is 14.3 Å². The van der Waals surface area contributed by atoms with E-state index in [-0.39, 0.29) is 23.1 Å². The van der Waals surface area contributed by atoms with Crippen molar-refractivity contribution in [1.82, 2.24) is 10.4 Å². The molecule has 0 fully saturated rings. The van der Waals surface area contributed by atoms with Crippen molar-refractivity contribution in [1.29, 1.82) is 0 Å². The largest absolute Gasteiger partial charge is 0.497 e. The van der Waals surface area contributed by atoms with Gasteiger partial charge in [0, 0.05) is 12.3 Å². The smallest absolute Gasteiger partial charge is 0.340 e. The molecule has 3 rings (SSSR count). The fraction of sp³-hybridized carbons (Fsp3) is 0.136. The van der Waals surface area contributed by atoms with Gasteiger partial charge >= 0.3 is 10.1 Å². The van der Waals surface area contributed by atoms with Crippen molar-refractivity contribution in [2.75, 3.05) is 7.11 Å². The van der Waals surface area contributed by atoms with Crippen LogP contribution in [0.15, 0.2) is 76.9 Å². The molecule has 0 radical (unpaired) electrons. The van der Waals surface area contributed by atoms with Gasteiger partial charge in [-0.1, -0.05) is 24.3 Å². The highest BCUT2D eigenvalue weighted by Crippen LogP contribution is 2.19. The third-order valence-electron chi connectivity index (χ3n) is 4.26. The van der Waals surface area contributed by atoms with Crippen LogP contribution in [0.4, 0.5) is 0 Å². The van der Waals surface area contributed by atoms with E-state index in [0.29, 0.717) is 11.3 Å². The molecular weight excluding hydrogens is 418 g/mol. The molecule has 160 valence electrons. The Bertz CT molecular complexity index is 1190. The first-order valence-corrected chi connectivity index (χ1v) is 10.7. The summed E-state index contributed by atoms with van der Waals surface area (Å²) < 4.78 is 35.2. The maximum absolute atomic E-state index is 12.5. The number of hydrazone groups is 1. The Kier molecular flexibility index (Phi) is 6.99. The predicted molar refractivity (Wildman–Crippen MR) is 116 cm³/mol. The molecule has 0 atom stereocenters. The van der Waals surface area contributed by atoms with Gasteiger partial charge in [-0.15, -0.1) is 0 Å². The van der Waals surface area contributed by atoms with E-state index >= 15 is 0 Å². The van der Waals surface area contributed by atoms with Crippen molar-refractivity contribution in [3.8, 4) is 11.6 Å². The second-order valence-corrected chi connectivity index (χ2v) is 8.09. The Morgan fingerprint density at radius 1 is 1.13 bits per heavy atom. The molecule has 1 amide bonds. The molecule has 0 saturated carbocycles. The molecule has 2 aromatic carbocycles. The predicted octanol–water partition coefficient (Wildman–Crippen LogP) is 2.86. The Labute approximate surface area is 180 Å². The third kappa shape index (κ3) is 6.13. The molecule has 0 saturated heterocycles. The molecule has 8 nitrogen and oxygen atoms in total. The van der Waals surface area contributed by atoms with Gasteiger partial charge in [0.05, 0.1) is 19.7 Å². The fourth-order valence-electron chi connectivity index (χ4n) is 2.65. The Balaban J connectivity index is 1.68. The SMILES string of the molecule is COc1cccc(CC(=O)N/N=C/c2cc(S(=O)(=O)Oc3ccccn3)ccc2C)c1. The van der Waals surface area contributed by atoms with Crippen molar-refractivity contribution in [2.45, 2.75) is 18.2 Å². The molecule has 0 unspecified atom stereocenters. The number of aromatic nitrogens is 1. The summed E-state index contributed by atoms with van der Waals surface area (Å²) in [5.41, 5.74) is 4.52. The zero-order valence-corrected chi connectivity index (χ0v) is 17.8. The number of hydrogen-bond acceptors (Lipinski definition) is 7. The van der Waals surface area contributed by atoms with Gasteiger partial charge in [-0.3, -0.25) is 4.79 Å². The van der Waals surface area contributed by atoms with E-state index in [4.69, 9.17) is 8.92 Å². The van der Waals surface area contributed by atoms with Gasteiger partial charge in [-0.05, 0) is 53.9 Å². The number of hydrogen-bond donors (Lipinski definition) is 1. The summed E-state index contributed by atoms with van der Waals surface area (Å²) in [5.74, 6) is 0.322. The molecule has 9 heteroatoms. The minimum absolute atomic E-state index is 0.0249. The zero-order valence-electron chi connectivity index (χ0n) is 17.0. The zero-order chi connectivity index (χ0) is 22.3. The summed E-state index contributed by atoms with van der Waals surface area (Å²) in [6.45, 7) is 1.80. The summed E-state index contributed by atoms with van der Waals surface area (Å²) >= 11 is 0. The van der Waals surface area contributed by atoms with Crippen molar-refractivity contribution < 1.29 is 22.1 Å². The number of nitrogens with zero attached hydrogens (tertiary/aromatic N) is 2. The van der Waals surface area contributed by atoms with E-state index in [1.807, 2.05) is 6.07 Å². The molecule has 0 aliphatic heterocycles. The number of ether oxygens (including phenoxy) is 1. The quantitative estimate of drug-likeness (QED) is 0.329. The maximum atomic E-state index is 12.5. The molecule has 1 N–H and O–H groups in total. The monoisotopic (exact) mass is 439 g/mol. The van der Waals surface area contributed by atoms with Gasteiger partial charge < -0.3 is 8.92 Å². The summed E-state index contributed by atoms with van der Waals surface area (Å²) in [7, 11) is -2.51. The molecule has 0 aliphatic carbocycles. The van der Waals surface area contributed by atoms with Crippen molar-refractivity contribution in [3.63, 3.8) is 0 Å². The lowest BCUT2D eigenvalue weighted by Crippen LogP contribution is -2.19. The topological polar surface area (TPSA) is 107 Å². The van der Waals surface area contributed by atoms with Crippen molar-refractivity contribution in [3.05, 3.63) is 83.6 Å². The van der Waals surface area contributed by atoms with Crippen molar-refractivity contribution in [2.24, 2.45) is 5.10 Å². The first kappa shape index (κ1) is 22.0. The van der Waals surface area contributed by atoms with E-state index in [1.54, 1.807) is 50.4 Å². The first-order chi connectivity index (χ1) is 14.9. The summed E-state index contributed by atoms with van der Waals surface area (Å²) in [4.78, 5) is 15.9. The van der Waals surface area contributed by atoms with E-state index in [2.05, 4.69) is 15.5 Å². The Hall–Kier alpha value is -3.72. The minimum Gasteiger partial charge on any atom is -0.497 e. The second kappa shape index (κ2) is 9.86. The molecular formula is C22H21N3O5S. The minimum atomic E-state index is -4.06. The highest BCUT2D eigenvalue weighted by Gasteiger charge is 2.18. The molecule has 3 aromatic rings. The lowest BCUT2D eigenvalue weighted by molar-refractivity contribution is -0.120. The average molecular weight is 439 g/mol. The van der Waals surface area contributed by atoms with Crippen LogP contribution in [0.2, 0.25) is 0 Å².